The molecule has 17 heavy (non-hydrogen) atoms. The van der Waals surface area contributed by atoms with Crippen molar-refractivity contribution in [1.29, 1.82) is 0 Å². The molecule has 4 heteroatoms. The number of nitrogens with zero attached hydrogens (tertiary/aromatic N) is 2. The second-order valence-corrected chi connectivity index (χ2v) is 4.40. The van der Waals surface area contributed by atoms with E-state index in [4.69, 9.17) is 0 Å². The summed E-state index contributed by atoms with van der Waals surface area (Å²) in [5, 5.41) is 3.23. The molecule has 0 aromatic carbocycles. The zero-order valence-electron chi connectivity index (χ0n) is 10.3. The summed E-state index contributed by atoms with van der Waals surface area (Å²) in [6.07, 6.45) is 4.63. The van der Waals surface area contributed by atoms with Gasteiger partial charge in [0.15, 0.2) is 0 Å². The number of hydrogen-bond donors (Lipinski definition) is 1. The lowest BCUT2D eigenvalue weighted by atomic mass is 10.2. The number of aromatic nitrogens is 1. The number of anilines is 1. The molecule has 0 saturated carbocycles. The van der Waals surface area contributed by atoms with Crippen molar-refractivity contribution in [3.63, 3.8) is 0 Å². The Balaban J connectivity index is 1.91. The molecule has 1 aromatic rings. The average molecular weight is 233 g/mol. The second kappa shape index (κ2) is 5.66. The first-order valence-electron chi connectivity index (χ1n) is 6.26. The van der Waals surface area contributed by atoms with Crippen molar-refractivity contribution in [3.05, 3.63) is 23.9 Å². The van der Waals surface area contributed by atoms with Crippen LogP contribution < -0.4 is 5.32 Å². The maximum atomic E-state index is 11.5. The minimum atomic E-state index is 0.262. The lowest BCUT2D eigenvalue weighted by molar-refractivity contribution is -0.128. The van der Waals surface area contributed by atoms with Crippen molar-refractivity contribution >= 4 is 11.7 Å². The highest BCUT2D eigenvalue weighted by molar-refractivity contribution is 5.78. The van der Waals surface area contributed by atoms with Crippen molar-refractivity contribution in [3.8, 4) is 0 Å². The smallest absolute Gasteiger partial charge is 0.222 e. The van der Waals surface area contributed by atoms with E-state index in [1.54, 1.807) is 0 Å². The van der Waals surface area contributed by atoms with Crippen LogP contribution in [0.25, 0.3) is 0 Å². The number of pyridine rings is 1. The Hall–Kier alpha value is -1.58. The second-order valence-electron chi connectivity index (χ2n) is 4.40. The van der Waals surface area contributed by atoms with Crippen LogP contribution in [-0.2, 0) is 11.3 Å². The summed E-state index contributed by atoms with van der Waals surface area (Å²) in [6.45, 7) is 4.64. The first kappa shape index (κ1) is 11.9. The lowest BCUT2D eigenvalue weighted by Crippen LogP contribution is -2.23. The number of carbonyl (C=O) groups excluding carboxylic acids is 1. The van der Waals surface area contributed by atoms with E-state index in [0.29, 0.717) is 13.0 Å². The van der Waals surface area contributed by atoms with Gasteiger partial charge in [-0.3, -0.25) is 4.79 Å². The number of likely N-dealkylation sites (tertiary alicyclic amines) is 1. The van der Waals surface area contributed by atoms with Crippen molar-refractivity contribution in [2.24, 2.45) is 0 Å². The van der Waals surface area contributed by atoms with E-state index in [9.17, 15) is 4.79 Å². The number of hydrogen-bond acceptors (Lipinski definition) is 3. The van der Waals surface area contributed by atoms with E-state index in [-0.39, 0.29) is 5.91 Å². The average Bonchev–Trinajstić information content (AvgIpc) is 2.74. The molecule has 0 bridgehead atoms. The van der Waals surface area contributed by atoms with Gasteiger partial charge in [0.1, 0.15) is 5.82 Å². The van der Waals surface area contributed by atoms with Crippen molar-refractivity contribution in [1.82, 2.24) is 9.88 Å². The predicted octanol–water partition coefficient (Wildman–Crippen LogP) is 2.03. The van der Waals surface area contributed by atoms with Crippen LogP contribution in [0, 0.1) is 0 Å². The van der Waals surface area contributed by atoms with Gasteiger partial charge >= 0.3 is 0 Å². The predicted molar refractivity (Wildman–Crippen MR) is 67.7 cm³/mol. The molecule has 1 aromatic heterocycles. The van der Waals surface area contributed by atoms with Crippen LogP contribution in [0.4, 0.5) is 5.82 Å². The first-order valence-corrected chi connectivity index (χ1v) is 6.26. The Labute approximate surface area is 102 Å². The summed E-state index contributed by atoms with van der Waals surface area (Å²) in [4.78, 5) is 17.7. The van der Waals surface area contributed by atoms with Crippen molar-refractivity contribution in [2.75, 3.05) is 18.4 Å². The fourth-order valence-electron chi connectivity index (χ4n) is 1.97. The van der Waals surface area contributed by atoms with Crippen molar-refractivity contribution in [2.45, 2.75) is 32.7 Å². The molecule has 1 fully saturated rings. The third-order valence-corrected chi connectivity index (χ3v) is 2.93. The van der Waals surface area contributed by atoms with Gasteiger partial charge < -0.3 is 10.2 Å². The number of carbonyl (C=O) groups is 1. The van der Waals surface area contributed by atoms with Crippen LogP contribution in [0.2, 0.25) is 0 Å². The van der Waals surface area contributed by atoms with Gasteiger partial charge in [-0.25, -0.2) is 4.98 Å². The number of rotatable bonds is 5. The third-order valence-electron chi connectivity index (χ3n) is 2.93. The fourth-order valence-corrected chi connectivity index (χ4v) is 1.97. The quantitative estimate of drug-likeness (QED) is 0.846. The molecule has 0 aliphatic carbocycles. The minimum Gasteiger partial charge on any atom is -0.370 e. The van der Waals surface area contributed by atoms with Crippen LogP contribution in [-0.4, -0.2) is 28.9 Å². The molecule has 0 radical (unpaired) electrons. The molecule has 0 spiro atoms. The molecule has 4 nitrogen and oxygen atoms in total. The van der Waals surface area contributed by atoms with E-state index in [1.807, 2.05) is 23.2 Å². The first-order chi connectivity index (χ1) is 8.29. The molecule has 2 heterocycles. The topological polar surface area (TPSA) is 45.2 Å². The van der Waals surface area contributed by atoms with Crippen LogP contribution in [0.1, 0.15) is 31.7 Å². The standard InChI is InChI=1S/C13H19N3O/c1-2-7-14-12-6-5-11(9-15-12)10-16-8-3-4-13(16)17/h5-6,9H,2-4,7-8,10H2,1H3,(H,14,15). The molecule has 1 saturated heterocycles. The Morgan fingerprint density at radius 2 is 2.35 bits per heavy atom. The molecule has 1 aliphatic heterocycles. The highest BCUT2D eigenvalue weighted by Crippen LogP contribution is 2.14. The highest BCUT2D eigenvalue weighted by atomic mass is 16.2. The van der Waals surface area contributed by atoms with Gasteiger partial charge in [-0.05, 0) is 24.5 Å². The van der Waals surface area contributed by atoms with E-state index in [1.165, 1.54) is 0 Å². The Kier molecular flexibility index (Phi) is 3.96. The molecule has 1 N–H and O–H groups in total. The lowest BCUT2D eigenvalue weighted by Gasteiger charge is -2.15. The normalized spacial score (nSPS) is 15.4. The maximum Gasteiger partial charge on any atom is 0.222 e. The van der Waals surface area contributed by atoms with Crippen LogP contribution in [0.5, 0.6) is 0 Å². The maximum absolute atomic E-state index is 11.5. The summed E-state index contributed by atoms with van der Waals surface area (Å²) in [6, 6.07) is 4.02. The van der Waals surface area contributed by atoms with Crippen LogP contribution in [0.15, 0.2) is 18.3 Å². The van der Waals surface area contributed by atoms with Gasteiger partial charge in [-0.2, -0.15) is 0 Å². The SMILES string of the molecule is CCCNc1ccc(CN2CCCC2=O)cn1. The van der Waals surface area contributed by atoms with E-state index in [2.05, 4.69) is 17.2 Å². The Morgan fingerprint density at radius 1 is 1.47 bits per heavy atom. The summed E-state index contributed by atoms with van der Waals surface area (Å²) in [5.74, 6) is 1.17. The number of nitrogens with one attached hydrogen (secondary N) is 1. The van der Waals surface area contributed by atoms with E-state index < -0.39 is 0 Å². The number of amides is 1. The zero-order chi connectivity index (χ0) is 12.1. The molecule has 0 unspecified atom stereocenters. The molecule has 92 valence electrons. The summed E-state index contributed by atoms with van der Waals surface area (Å²) in [5.41, 5.74) is 1.10. The minimum absolute atomic E-state index is 0.262. The van der Waals surface area contributed by atoms with Crippen molar-refractivity contribution < 1.29 is 4.79 Å². The van der Waals surface area contributed by atoms with Gasteiger partial charge in [0.2, 0.25) is 5.91 Å². The third kappa shape index (κ3) is 3.19. The summed E-state index contributed by atoms with van der Waals surface area (Å²) in [7, 11) is 0. The molecular formula is C13H19N3O. The Bertz CT molecular complexity index is 375. The van der Waals surface area contributed by atoms with E-state index >= 15 is 0 Å². The van der Waals surface area contributed by atoms with Gasteiger partial charge in [-0.1, -0.05) is 13.0 Å². The molecule has 1 amide bonds. The zero-order valence-corrected chi connectivity index (χ0v) is 10.3. The summed E-state index contributed by atoms with van der Waals surface area (Å²) >= 11 is 0. The molecule has 2 rings (SSSR count). The van der Waals surface area contributed by atoms with Gasteiger partial charge in [-0.15, -0.1) is 0 Å². The molecular weight excluding hydrogens is 214 g/mol. The monoisotopic (exact) mass is 233 g/mol. The fraction of sp³-hybridized carbons (Fsp3) is 0.538. The van der Waals surface area contributed by atoms with E-state index in [0.717, 1.165) is 37.3 Å². The van der Waals surface area contributed by atoms with Gasteiger partial charge in [0.25, 0.3) is 0 Å². The Morgan fingerprint density at radius 3 is 2.94 bits per heavy atom. The molecule has 0 atom stereocenters. The summed E-state index contributed by atoms with van der Waals surface area (Å²) < 4.78 is 0. The van der Waals surface area contributed by atoms with Crippen LogP contribution in [0.3, 0.4) is 0 Å². The van der Waals surface area contributed by atoms with Gasteiger partial charge in [0, 0.05) is 32.3 Å². The molecule has 1 aliphatic rings. The highest BCUT2D eigenvalue weighted by Gasteiger charge is 2.19. The van der Waals surface area contributed by atoms with Gasteiger partial charge in [0.05, 0.1) is 0 Å². The van der Waals surface area contributed by atoms with Crippen LogP contribution >= 0.6 is 0 Å². The largest absolute Gasteiger partial charge is 0.370 e.